The topological polar surface area (TPSA) is 24.9 Å². The largest absolute Gasteiger partial charge is 0.314 e. The summed E-state index contributed by atoms with van der Waals surface area (Å²) < 4.78 is 0. The van der Waals surface area contributed by atoms with Gasteiger partial charge in [-0.15, -0.1) is 0 Å². The third-order valence-electron chi connectivity index (χ3n) is 2.96. The number of nitrogens with one attached hydrogen (secondary N) is 1. The van der Waals surface area contributed by atoms with E-state index in [1.807, 2.05) is 12.3 Å². The number of hydrogen-bond acceptors (Lipinski definition) is 2. The third kappa shape index (κ3) is 6.42. The minimum absolute atomic E-state index is 0.576. The van der Waals surface area contributed by atoms with Crippen molar-refractivity contribution in [1.29, 1.82) is 0 Å². The molecule has 0 bridgehead atoms. The third-order valence-corrected chi connectivity index (χ3v) is 2.96. The van der Waals surface area contributed by atoms with E-state index in [4.69, 9.17) is 0 Å². The second-order valence-electron chi connectivity index (χ2n) is 5.15. The van der Waals surface area contributed by atoms with Gasteiger partial charge in [0, 0.05) is 24.4 Å². The second kappa shape index (κ2) is 8.24. The Bertz CT molecular complexity index is 282. The average molecular weight is 234 g/mol. The van der Waals surface area contributed by atoms with Gasteiger partial charge in [-0.05, 0) is 43.9 Å². The number of nitrogens with zero attached hydrogens (tertiary/aromatic N) is 1. The smallest absolute Gasteiger partial charge is 0.0419 e. The van der Waals surface area contributed by atoms with E-state index in [0.29, 0.717) is 6.04 Å². The van der Waals surface area contributed by atoms with E-state index < -0.39 is 0 Å². The van der Waals surface area contributed by atoms with Crippen LogP contribution in [0.1, 0.15) is 45.7 Å². The van der Waals surface area contributed by atoms with Crippen molar-refractivity contribution < 1.29 is 0 Å². The van der Waals surface area contributed by atoms with E-state index in [9.17, 15) is 0 Å². The van der Waals surface area contributed by atoms with Gasteiger partial charge < -0.3 is 5.32 Å². The van der Waals surface area contributed by atoms with E-state index in [1.54, 1.807) is 0 Å². The predicted octanol–water partition coefficient (Wildman–Crippen LogP) is 3.43. The van der Waals surface area contributed by atoms with Crippen LogP contribution in [-0.4, -0.2) is 17.6 Å². The fourth-order valence-corrected chi connectivity index (χ4v) is 1.93. The summed E-state index contributed by atoms with van der Waals surface area (Å²) in [6.07, 6.45) is 6.66. The van der Waals surface area contributed by atoms with Crippen LogP contribution >= 0.6 is 0 Å². The summed E-state index contributed by atoms with van der Waals surface area (Å²) in [6, 6.07) is 6.75. The zero-order valence-corrected chi connectivity index (χ0v) is 11.4. The molecule has 2 nitrogen and oxygen atoms in total. The zero-order valence-electron chi connectivity index (χ0n) is 11.4. The SMILES string of the molecule is CCCNC(CCC(C)C)Cc1ccccn1. The summed E-state index contributed by atoms with van der Waals surface area (Å²) in [5, 5.41) is 3.63. The first-order valence-corrected chi connectivity index (χ1v) is 6.85. The van der Waals surface area contributed by atoms with Crippen LogP contribution in [0, 0.1) is 5.92 Å². The van der Waals surface area contributed by atoms with Crippen LogP contribution in [0.3, 0.4) is 0 Å². The molecule has 1 atom stereocenters. The molecule has 2 heteroatoms. The molecule has 1 aromatic heterocycles. The first kappa shape index (κ1) is 14.2. The maximum atomic E-state index is 4.41. The molecule has 0 aliphatic carbocycles. The highest BCUT2D eigenvalue weighted by atomic mass is 14.9. The van der Waals surface area contributed by atoms with Gasteiger partial charge in [0.1, 0.15) is 0 Å². The molecule has 0 saturated heterocycles. The molecule has 0 saturated carbocycles. The molecule has 0 spiro atoms. The van der Waals surface area contributed by atoms with Gasteiger partial charge in [0.05, 0.1) is 0 Å². The zero-order chi connectivity index (χ0) is 12.5. The van der Waals surface area contributed by atoms with Crippen LogP contribution in [0.4, 0.5) is 0 Å². The lowest BCUT2D eigenvalue weighted by molar-refractivity contribution is 0.425. The first-order chi connectivity index (χ1) is 8.22. The summed E-state index contributed by atoms with van der Waals surface area (Å²) in [5.41, 5.74) is 1.20. The highest BCUT2D eigenvalue weighted by molar-refractivity contribution is 5.05. The molecule has 0 aromatic carbocycles. The summed E-state index contributed by atoms with van der Waals surface area (Å²) in [5.74, 6) is 0.782. The highest BCUT2D eigenvalue weighted by Gasteiger charge is 2.10. The van der Waals surface area contributed by atoms with Gasteiger partial charge in [-0.2, -0.15) is 0 Å². The van der Waals surface area contributed by atoms with E-state index in [2.05, 4.69) is 43.2 Å². The fourth-order valence-electron chi connectivity index (χ4n) is 1.93. The van der Waals surface area contributed by atoms with E-state index >= 15 is 0 Å². The molecule has 0 aliphatic heterocycles. The van der Waals surface area contributed by atoms with Crippen molar-refractivity contribution in [3.8, 4) is 0 Å². The van der Waals surface area contributed by atoms with Crippen molar-refractivity contribution in [1.82, 2.24) is 10.3 Å². The number of rotatable bonds is 8. The van der Waals surface area contributed by atoms with Crippen LogP contribution < -0.4 is 5.32 Å². The van der Waals surface area contributed by atoms with Gasteiger partial charge >= 0.3 is 0 Å². The molecule has 1 unspecified atom stereocenters. The van der Waals surface area contributed by atoms with Crippen LogP contribution in [0.25, 0.3) is 0 Å². The minimum atomic E-state index is 0.576. The highest BCUT2D eigenvalue weighted by Crippen LogP contribution is 2.10. The van der Waals surface area contributed by atoms with Gasteiger partial charge in [-0.1, -0.05) is 26.8 Å². The molecule has 0 aliphatic rings. The van der Waals surface area contributed by atoms with Gasteiger partial charge in [0.15, 0.2) is 0 Å². The maximum Gasteiger partial charge on any atom is 0.0419 e. The summed E-state index contributed by atoms with van der Waals surface area (Å²) >= 11 is 0. The van der Waals surface area contributed by atoms with Crippen molar-refractivity contribution in [3.63, 3.8) is 0 Å². The van der Waals surface area contributed by atoms with Crippen molar-refractivity contribution in [2.45, 2.75) is 52.5 Å². The molecule has 17 heavy (non-hydrogen) atoms. The lowest BCUT2D eigenvalue weighted by atomic mass is 9.99. The Morgan fingerprint density at radius 1 is 1.24 bits per heavy atom. The fraction of sp³-hybridized carbons (Fsp3) is 0.667. The van der Waals surface area contributed by atoms with Gasteiger partial charge in [0.2, 0.25) is 0 Å². The van der Waals surface area contributed by atoms with Crippen LogP contribution in [0.15, 0.2) is 24.4 Å². The molecular formula is C15H26N2. The van der Waals surface area contributed by atoms with Gasteiger partial charge in [0.25, 0.3) is 0 Å². The van der Waals surface area contributed by atoms with Crippen molar-refractivity contribution in [2.24, 2.45) is 5.92 Å². The van der Waals surface area contributed by atoms with Crippen LogP contribution in [-0.2, 0) is 6.42 Å². The van der Waals surface area contributed by atoms with E-state index in [-0.39, 0.29) is 0 Å². The Labute approximate surface area is 106 Å². The van der Waals surface area contributed by atoms with Gasteiger partial charge in [-0.25, -0.2) is 0 Å². The van der Waals surface area contributed by atoms with Crippen LogP contribution in [0.2, 0.25) is 0 Å². The lowest BCUT2D eigenvalue weighted by Gasteiger charge is -2.19. The van der Waals surface area contributed by atoms with E-state index in [0.717, 1.165) is 18.9 Å². The Hall–Kier alpha value is -0.890. The quantitative estimate of drug-likeness (QED) is 0.745. The van der Waals surface area contributed by atoms with E-state index in [1.165, 1.54) is 25.0 Å². The Morgan fingerprint density at radius 3 is 2.65 bits per heavy atom. The van der Waals surface area contributed by atoms with Crippen molar-refractivity contribution in [2.75, 3.05) is 6.54 Å². The normalized spacial score (nSPS) is 12.9. The molecule has 1 heterocycles. The molecule has 1 aromatic rings. The molecular weight excluding hydrogens is 208 g/mol. The predicted molar refractivity (Wildman–Crippen MR) is 74.1 cm³/mol. The molecule has 0 amide bonds. The summed E-state index contributed by atoms with van der Waals surface area (Å²) in [6.45, 7) is 7.90. The second-order valence-corrected chi connectivity index (χ2v) is 5.15. The molecule has 1 N–H and O–H groups in total. The first-order valence-electron chi connectivity index (χ1n) is 6.85. The van der Waals surface area contributed by atoms with Crippen molar-refractivity contribution in [3.05, 3.63) is 30.1 Å². The Morgan fingerprint density at radius 2 is 2.06 bits per heavy atom. The maximum absolute atomic E-state index is 4.41. The van der Waals surface area contributed by atoms with Crippen LogP contribution in [0.5, 0.6) is 0 Å². The summed E-state index contributed by atoms with van der Waals surface area (Å²) in [7, 11) is 0. The average Bonchev–Trinajstić information content (AvgIpc) is 2.34. The van der Waals surface area contributed by atoms with Gasteiger partial charge in [-0.3, -0.25) is 4.98 Å². The number of pyridine rings is 1. The standard InChI is InChI=1S/C15H26N2/c1-4-10-16-15(9-8-13(2)3)12-14-7-5-6-11-17-14/h5-7,11,13,15-16H,4,8-10,12H2,1-3H3. The molecule has 1 rings (SSSR count). The molecule has 96 valence electrons. The lowest BCUT2D eigenvalue weighted by Crippen LogP contribution is -2.32. The number of hydrogen-bond donors (Lipinski definition) is 1. The van der Waals surface area contributed by atoms with Crippen molar-refractivity contribution >= 4 is 0 Å². The minimum Gasteiger partial charge on any atom is -0.314 e. The Kier molecular flexibility index (Phi) is 6.87. The molecule has 0 radical (unpaired) electrons. The number of aromatic nitrogens is 1. The monoisotopic (exact) mass is 234 g/mol. The Balaban J connectivity index is 2.44. The molecule has 0 fully saturated rings. The summed E-state index contributed by atoms with van der Waals surface area (Å²) in [4.78, 5) is 4.41.